The summed E-state index contributed by atoms with van der Waals surface area (Å²) in [6.07, 6.45) is -1.44. The number of thiophene rings is 1. The number of rotatable bonds is 26. The van der Waals surface area contributed by atoms with Crippen LogP contribution < -0.4 is 81.8 Å². The molecule has 44 heteroatoms. The predicted molar refractivity (Wildman–Crippen MR) is 486 cm³/mol. The Labute approximate surface area is 770 Å². The van der Waals surface area contributed by atoms with E-state index < -0.39 is 254 Å². The monoisotopic (exact) mass is 1870 g/mol. The molecule has 4 aliphatic rings. The minimum atomic E-state index is -1.89. The maximum Gasteiger partial charge on any atom is 0.305 e. The van der Waals surface area contributed by atoms with E-state index in [9.17, 15) is 63.3 Å². The number of amides is 17. The van der Waals surface area contributed by atoms with Crippen molar-refractivity contribution in [3.63, 3.8) is 0 Å². The third-order valence-corrected chi connectivity index (χ3v) is 26.0. The Bertz CT molecular complexity index is 4980. The van der Waals surface area contributed by atoms with Gasteiger partial charge in [-0.3, -0.25) is 86.3 Å². The van der Waals surface area contributed by atoms with Gasteiger partial charge in [0.15, 0.2) is 0 Å². The minimum absolute atomic E-state index is 0.00407. The molecule has 4 saturated heterocycles. The van der Waals surface area contributed by atoms with Crippen LogP contribution in [0.15, 0.2) is 84.4 Å². The van der Waals surface area contributed by atoms with Crippen LogP contribution in [0, 0.1) is 0 Å². The number of carbonyl (C=O) groups is 18. The van der Waals surface area contributed by atoms with Crippen molar-refractivity contribution in [2.24, 2.45) is 28.7 Å². The van der Waals surface area contributed by atoms with Gasteiger partial charge in [-0.05, 0) is 129 Å². The van der Waals surface area contributed by atoms with E-state index in [0.717, 1.165) is 36.5 Å². The van der Waals surface area contributed by atoms with Crippen molar-refractivity contribution in [1.82, 2.24) is 82.7 Å². The van der Waals surface area contributed by atoms with Crippen molar-refractivity contribution in [1.29, 1.82) is 0 Å². The van der Waals surface area contributed by atoms with Crippen molar-refractivity contribution in [2.45, 2.75) is 233 Å². The normalized spacial score (nSPS) is 25.5. The van der Waals surface area contributed by atoms with Gasteiger partial charge in [-0.15, -0.1) is 23.1 Å². The fourth-order valence-corrected chi connectivity index (χ4v) is 18.6. The Morgan fingerprint density at radius 3 is 1.68 bits per heavy atom. The van der Waals surface area contributed by atoms with Gasteiger partial charge in [-0.1, -0.05) is 88.1 Å². The summed E-state index contributed by atoms with van der Waals surface area (Å²) < 4.78 is 0.830. The SMILES string of the molecule is CCCC[C@H]1C(=O)N(C)[C@@H](CCCC)C(=O)N[C@@H](CCCN)C(=O)N[C@H](C(=O)NCC(N)=O)CSCC(=O)N[C@@H](Cc2ccc(O)cc2)C(=O)N2CCC[C@H]2C(=O)N[C@@H](CC(=O)O)C(=O)N2CCC[C@H]2C(=O)N[C@@H](CN)C(=O)N[C@@H](CCC(N)=O)C(=O)N2C[C@H](O)C[C@H]2C(=O)N[C@@H](Cc2c[nH]c3ccccc23)C(=O)N[C@@H](CCN)C(=O)N[C@@H](Cc2csc3ccccc23)C(=O)N1C. The largest absolute Gasteiger partial charge is 0.508 e. The quantitative estimate of drug-likeness (QED) is 0.0256. The number of nitrogens with zero attached hydrogens (tertiary/aromatic N) is 5. The Hall–Kier alpha value is -12.4. The minimum Gasteiger partial charge on any atom is -0.508 e. The molecule has 15 atom stereocenters. The first-order valence-corrected chi connectivity index (χ1v) is 46.5. The van der Waals surface area contributed by atoms with Crippen molar-refractivity contribution in [3.05, 3.63) is 101 Å². The van der Waals surface area contributed by atoms with Crippen molar-refractivity contribution >= 4 is 150 Å². The number of aliphatic carboxylic acids is 1. The number of hydrogen-bond donors (Lipinski definition) is 19. The highest BCUT2D eigenvalue weighted by atomic mass is 32.2. The number of phenolic OH excluding ortho intramolecular Hbond substituents is 1. The third-order valence-electron chi connectivity index (χ3n) is 23.9. The van der Waals surface area contributed by atoms with E-state index >= 15 is 38.4 Å². The zero-order valence-electron chi connectivity index (χ0n) is 74.4. The number of nitrogens with two attached hydrogens (primary N) is 5. The number of primary amides is 2. The fourth-order valence-electron chi connectivity index (χ4n) is 16.8. The number of para-hydroxylation sites is 1. The number of H-pyrrole nitrogens is 1. The van der Waals surface area contributed by atoms with E-state index in [2.05, 4.69) is 58.2 Å². The van der Waals surface area contributed by atoms with E-state index in [1.54, 1.807) is 36.5 Å². The molecular formula is C88H123N21O21S2. The Morgan fingerprint density at radius 2 is 1.05 bits per heavy atom. The van der Waals surface area contributed by atoms with E-state index in [-0.39, 0.29) is 109 Å². The highest BCUT2D eigenvalue weighted by Gasteiger charge is 2.47. The molecular weight excluding hydrogens is 1750 g/mol. The van der Waals surface area contributed by atoms with Gasteiger partial charge in [0, 0.05) is 99.9 Å². The number of aliphatic hydroxyl groups excluding tert-OH is 1. The smallest absolute Gasteiger partial charge is 0.305 e. The van der Waals surface area contributed by atoms with Crippen LogP contribution in [0.5, 0.6) is 5.75 Å². The van der Waals surface area contributed by atoms with E-state index in [4.69, 9.17) is 28.7 Å². The number of nitrogens with one attached hydrogen (secondary N) is 11. The number of phenols is 1. The lowest BCUT2D eigenvalue weighted by atomic mass is 9.99. The molecule has 6 heterocycles. The number of aromatic nitrogens is 1. The van der Waals surface area contributed by atoms with Gasteiger partial charge < -0.3 is 127 Å². The van der Waals surface area contributed by atoms with Gasteiger partial charge in [-0.25, -0.2) is 0 Å². The highest BCUT2D eigenvalue weighted by molar-refractivity contribution is 8.00. The molecule has 0 radical (unpaired) electrons. The number of aliphatic hydroxyl groups is 1. The summed E-state index contributed by atoms with van der Waals surface area (Å²) in [5.41, 5.74) is 31.6. The molecule has 24 N–H and O–H groups in total. The average molecular weight is 1880 g/mol. The van der Waals surface area contributed by atoms with Crippen LogP contribution in [0.25, 0.3) is 21.0 Å². The van der Waals surface area contributed by atoms with Crippen LogP contribution in [-0.4, -0.2) is 313 Å². The van der Waals surface area contributed by atoms with Crippen LogP contribution in [0.1, 0.15) is 140 Å². The van der Waals surface area contributed by atoms with Gasteiger partial charge in [0.25, 0.3) is 0 Å². The molecule has 0 saturated carbocycles. The van der Waals surface area contributed by atoms with Crippen molar-refractivity contribution < 1.29 is 102 Å². The fraction of sp³-hybridized carbons (Fsp3) is 0.545. The number of carboxylic acids is 1. The molecule has 718 valence electrons. The Morgan fingerprint density at radius 1 is 0.508 bits per heavy atom. The van der Waals surface area contributed by atoms with Crippen molar-refractivity contribution in [2.75, 3.05) is 71.4 Å². The lowest BCUT2D eigenvalue weighted by molar-refractivity contribution is -0.149. The second kappa shape index (κ2) is 49.7. The predicted octanol–water partition coefficient (Wildman–Crippen LogP) is -3.41. The third kappa shape index (κ3) is 28.1. The number of carboxylic acid groups (broad SMARTS) is 1. The summed E-state index contributed by atoms with van der Waals surface area (Å²) in [6.45, 7) is 1.26. The molecule has 4 fully saturated rings. The van der Waals surface area contributed by atoms with E-state index in [0.29, 0.717) is 53.3 Å². The topological polar surface area (TPSA) is 650 Å². The number of aromatic amines is 1. The molecule has 132 heavy (non-hydrogen) atoms. The second-order valence-corrected chi connectivity index (χ2v) is 35.5. The zero-order valence-corrected chi connectivity index (χ0v) is 76.0. The maximum atomic E-state index is 15.8. The van der Waals surface area contributed by atoms with Gasteiger partial charge in [0.2, 0.25) is 100 Å². The molecule has 0 aliphatic carbocycles. The Balaban J connectivity index is 1.09. The number of benzene rings is 3. The number of thioether (sulfide) groups is 1. The first kappa shape index (κ1) is 103. The van der Waals surface area contributed by atoms with Gasteiger partial charge in [-0.2, -0.15) is 0 Å². The lowest BCUT2D eigenvalue weighted by Gasteiger charge is -2.36. The highest BCUT2D eigenvalue weighted by Crippen LogP contribution is 2.31. The summed E-state index contributed by atoms with van der Waals surface area (Å²) in [6, 6.07) is -1.87. The second-order valence-electron chi connectivity index (χ2n) is 33.5. The number of likely N-dealkylation sites (N-methyl/N-ethyl adjacent to an activating group) is 2. The number of carbonyl (C=O) groups excluding carboxylic acids is 17. The first-order chi connectivity index (χ1) is 63.1. The lowest BCUT2D eigenvalue weighted by Crippen LogP contribution is -2.61. The average Bonchev–Trinajstić information content (AvgIpc) is 1.35. The molecule has 0 spiro atoms. The molecule has 0 bridgehead atoms. The maximum absolute atomic E-state index is 15.8. The van der Waals surface area contributed by atoms with E-state index in [1.807, 2.05) is 37.4 Å². The summed E-state index contributed by atoms with van der Waals surface area (Å²) in [5.74, 6) is -18.6. The van der Waals surface area contributed by atoms with Crippen LogP contribution in [0.2, 0.25) is 0 Å². The molecule has 4 aliphatic heterocycles. The summed E-state index contributed by atoms with van der Waals surface area (Å²) in [5, 5.41) is 61.3. The van der Waals surface area contributed by atoms with Crippen LogP contribution in [-0.2, 0) is 106 Å². The first-order valence-electron chi connectivity index (χ1n) is 44.5. The van der Waals surface area contributed by atoms with Gasteiger partial charge in [0.05, 0.1) is 24.8 Å². The summed E-state index contributed by atoms with van der Waals surface area (Å²) in [7, 11) is 2.75. The van der Waals surface area contributed by atoms with E-state index in [1.165, 1.54) is 59.5 Å². The molecule has 2 aromatic heterocycles. The Kier molecular flexibility index (Phi) is 38.9. The van der Waals surface area contributed by atoms with Crippen molar-refractivity contribution in [3.8, 4) is 5.75 Å². The van der Waals surface area contributed by atoms with Gasteiger partial charge >= 0.3 is 5.97 Å². The summed E-state index contributed by atoms with van der Waals surface area (Å²) >= 11 is 2.15. The van der Waals surface area contributed by atoms with Crippen LogP contribution in [0.3, 0.4) is 0 Å². The number of aromatic hydroxyl groups is 1. The molecule has 42 nitrogen and oxygen atoms in total. The van der Waals surface area contributed by atoms with Gasteiger partial charge in [0.1, 0.15) is 90.3 Å². The zero-order chi connectivity index (χ0) is 96.2. The van der Waals surface area contributed by atoms with Crippen LogP contribution in [0.4, 0.5) is 0 Å². The number of hydrogen-bond acceptors (Lipinski definition) is 25. The number of unbranched alkanes of at least 4 members (excludes halogenated alkanes) is 2. The molecule has 0 unspecified atom stereocenters. The summed E-state index contributed by atoms with van der Waals surface area (Å²) in [4.78, 5) is 270. The van der Waals surface area contributed by atoms with Crippen LogP contribution >= 0.6 is 23.1 Å². The standard InChI is InChI=1S/C88H123N21O21S2/c1-5-7-20-65-80(122)98-56(19-13-32-89)76(118)104-64(75(117)95-43-72(93)113)46-131-47-73(114)96-60(36-48-25-27-51(110)28-26-48)86(128)107-34-14-22-66(107)81(123)102-62(40-74(115)116)87(129)108-35-15-23-67(108)82(124)103-63(41-91)79(121)99-58(29-30-71(92)112)85(127)109-44-52(111)39-69(109)83(125)100-59(37-49-42-94-55-18-11-9-16-53(49)55)78(120)97-57(31-33-90)77(119)101-61(38-50-45-132-70-24-12-10-17-54(50)70)84(126)106(4)68(21-8-6-2)88(130)105(65)3/h9-12,16-18,24-28,42,45,52,56-69,94,110-111H,5-8,13-15,19-23,29-41,43-44,46-47,89-91H2,1-4H3,(H2,92,112)(H2,93,113)(H,95,117)(H,96,114)(H,97,120)(H,98,122)(H,99,121)(H,100,125)(H,101,119)(H,102,123)(H,103,124)(H,104,118)(H,115,116)/t52-,56+,57+,58+,59+,60+,61+,62+,63+,64+,65+,66+,67+,68+,69+/m1/s1. The molecule has 3 aromatic carbocycles. The number of fused-ring (bicyclic) bond motifs is 5. The molecule has 9 rings (SSSR count). The molecule has 5 aromatic rings. The molecule has 17 amide bonds.